The summed E-state index contributed by atoms with van der Waals surface area (Å²) in [7, 11) is 0. The quantitative estimate of drug-likeness (QED) is 0.361. The van der Waals surface area contributed by atoms with E-state index in [9.17, 15) is 5.11 Å². The Hall–Kier alpha value is -1.60. The van der Waals surface area contributed by atoms with Crippen LogP contribution in [0.1, 0.15) is 50.7 Å². The summed E-state index contributed by atoms with van der Waals surface area (Å²) in [5.41, 5.74) is 3.68. The summed E-state index contributed by atoms with van der Waals surface area (Å²) in [5, 5.41) is 10.9. The van der Waals surface area contributed by atoms with Crippen LogP contribution in [0.15, 0.2) is 66.7 Å². The Morgan fingerprint density at radius 1 is 0.840 bits per heavy atom. The third kappa shape index (κ3) is 4.73. The molecule has 3 rings (SSSR count). The second-order valence-electron chi connectivity index (χ2n) is 6.49. The third-order valence-corrected chi connectivity index (χ3v) is 7.17. The number of aliphatic hydroxyl groups is 1. The SMILES string of the molecule is CCCCCCC(O)c1cc(-c2ccccc2)[se]c1-c1ccccc1. The van der Waals surface area contributed by atoms with E-state index in [4.69, 9.17) is 0 Å². The number of rotatable bonds is 8. The van der Waals surface area contributed by atoms with E-state index >= 15 is 0 Å². The summed E-state index contributed by atoms with van der Waals surface area (Å²) < 4.78 is 2.71. The van der Waals surface area contributed by atoms with E-state index in [1.807, 2.05) is 0 Å². The van der Waals surface area contributed by atoms with Gasteiger partial charge < -0.3 is 0 Å². The summed E-state index contributed by atoms with van der Waals surface area (Å²) in [5.74, 6) is 0. The maximum atomic E-state index is 10.9. The Morgan fingerprint density at radius 3 is 2.12 bits per heavy atom. The van der Waals surface area contributed by atoms with Gasteiger partial charge in [-0.15, -0.1) is 0 Å². The standard InChI is InChI=1S/C23H26OSe/c1-2-3-4-11-16-21(24)20-17-22(18-12-7-5-8-13-18)25-23(20)19-14-9-6-10-15-19/h5-10,12-15,17,21,24H,2-4,11,16H2,1H3. The van der Waals surface area contributed by atoms with Crippen molar-refractivity contribution in [1.82, 2.24) is 0 Å². The van der Waals surface area contributed by atoms with E-state index in [0.29, 0.717) is 0 Å². The predicted molar refractivity (Wildman–Crippen MR) is 108 cm³/mol. The van der Waals surface area contributed by atoms with Crippen LogP contribution in [-0.2, 0) is 0 Å². The first-order valence-electron chi connectivity index (χ1n) is 9.22. The molecule has 2 heteroatoms. The Morgan fingerprint density at radius 2 is 1.48 bits per heavy atom. The molecule has 1 heterocycles. The Kier molecular flexibility index (Phi) is 6.69. The number of hydrogen-bond acceptors (Lipinski definition) is 1. The van der Waals surface area contributed by atoms with Gasteiger partial charge in [0, 0.05) is 0 Å². The average molecular weight is 397 g/mol. The third-order valence-electron chi connectivity index (χ3n) is 4.55. The molecule has 0 radical (unpaired) electrons. The van der Waals surface area contributed by atoms with Crippen molar-refractivity contribution in [3.8, 4) is 20.0 Å². The van der Waals surface area contributed by atoms with Gasteiger partial charge in [0.1, 0.15) is 0 Å². The molecular weight excluding hydrogens is 371 g/mol. The molecule has 0 aliphatic rings. The molecule has 1 aromatic heterocycles. The molecule has 1 N–H and O–H groups in total. The van der Waals surface area contributed by atoms with E-state index in [0.717, 1.165) is 18.4 Å². The van der Waals surface area contributed by atoms with Crippen molar-refractivity contribution in [2.45, 2.75) is 45.1 Å². The van der Waals surface area contributed by atoms with Gasteiger partial charge in [-0.2, -0.15) is 0 Å². The van der Waals surface area contributed by atoms with Gasteiger partial charge >= 0.3 is 157 Å². The van der Waals surface area contributed by atoms with E-state index in [1.165, 1.54) is 39.3 Å². The van der Waals surface area contributed by atoms with Gasteiger partial charge in [0.25, 0.3) is 0 Å². The molecule has 1 nitrogen and oxygen atoms in total. The fourth-order valence-electron chi connectivity index (χ4n) is 3.13. The van der Waals surface area contributed by atoms with Gasteiger partial charge in [-0.3, -0.25) is 0 Å². The van der Waals surface area contributed by atoms with Gasteiger partial charge in [0.05, 0.1) is 0 Å². The normalized spacial score (nSPS) is 12.2. The average Bonchev–Trinajstić information content (AvgIpc) is 3.12. The number of hydrogen-bond donors (Lipinski definition) is 1. The summed E-state index contributed by atoms with van der Waals surface area (Å²) in [6.45, 7) is 2.22. The van der Waals surface area contributed by atoms with Crippen LogP contribution in [0.5, 0.6) is 0 Å². The van der Waals surface area contributed by atoms with E-state index < -0.39 is 0 Å². The molecule has 3 aromatic rings. The van der Waals surface area contributed by atoms with Crippen molar-refractivity contribution < 1.29 is 5.11 Å². The maximum absolute atomic E-state index is 10.9. The van der Waals surface area contributed by atoms with E-state index in [1.54, 1.807) is 0 Å². The van der Waals surface area contributed by atoms with Crippen LogP contribution >= 0.6 is 0 Å². The number of unbranched alkanes of at least 4 members (excludes halogenated alkanes) is 3. The van der Waals surface area contributed by atoms with E-state index in [-0.39, 0.29) is 20.6 Å². The molecule has 0 aliphatic carbocycles. The van der Waals surface area contributed by atoms with Gasteiger partial charge in [-0.05, 0) is 0 Å². The number of benzene rings is 2. The summed E-state index contributed by atoms with van der Waals surface area (Å²) in [6.07, 6.45) is 5.31. The first kappa shape index (κ1) is 18.2. The second-order valence-corrected chi connectivity index (χ2v) is 8.70. The van der Waals surface area contributed by atoms with Crippen LogP contribution in [0.2, 0.25) is 0 Å². The minimum absolute atomic E-state index is 0.239. The Balaban J connectivity index is 1.90. The van der Waals surface area contributed by atoms with Crippen LogP contribution in [0.25, 0.3) is 20.0 Å². The molecule has 0 spiro atoms. The first-order chi connectivity index (χ1) is 12.3. The molecule has 1 atom stereocenters. The van der Waals surface area contributed by atoms with Crippen molar-refractivity contribution in [2.24, 2.45) is 0 Å². The van der Waals surface area contributed by atoms with E-state index in [2.05, 4.69) is 73.7 Å². The second kappa shape index (κ2) is 9.20. The molecule has 0 aliphatic heterocycles. The van der Waals surface area contributed by atoms with Gasteiger partial charge in [0.2, 0.25) is 0 Å². The van der Waals surface area contributed by atoms with Gasteiger partial charge in [-0.1, -0.05) is 0 Å². The Bertz CT molecular complexity index is 761. The Labute approximate surface area is 157 Å². The van der Waals surface area contributed by atoms with Crippen molar-refractivity contribution >= 4 is 14.5 Å². The summed E-state index contributed by atoms with van der Waals surface area (Å²) in [6, 6.07) is 23.4. The molecule has 0 fully saturated rings. The van der Waals surface area contributed by atoms with Crippen molar-refractivity contribution in [3.05, 3.63) is 72.3 Å². The van der Waals surface area contributed by atoms with Crippen molar-refractivity contribution in [1.29, 1.82) is 0 Å². The fourth-order valence-corrected chi connectivity index (χ4v) is 5.71. The topological polar surface area (TPSA) is 20.2 Å². The molecule has 0 saturated carbocycles. The molecule has 0 bridgehead atoms. The fraction of sp³-hybridized carbons (Fsp3) is 0.304. The molecule has 130 valence electrons. The zero-order valence-electron chi connectivity index (χ0n) is 14.8. The molecule has 0 saturated heterocycles. The van der Waals surface area contributed by atoms with Gasteiger partial charge in [-0.25, -0.2) is 0 Å². The molecular formula is C23H26OSe. The molecule has 1 unspecified atom stereocenters. The van der Waals surface area contributed by atoms with Crippen LogP contribution in [0, 0.1) is 0 Å². The van der Waals surface area contributed by atoms with Crippen LogP contribution in [-0.4, -0.2) is 19.6 Å². The molecule has 2 aromatic carbocycles. The monoisotopic (exact) mass is 398 g/mol. The zero-order chi connectivity index (χ0) is 17.5. The van der Waals surface area contributed by atoms with Gasteiger partial charge in [0.15, 0.2) is 0 Å². The summed E-state index contributed by atoms with van der Waals surface area (Å²) in [4.78, 5) is 0. The molecule has 0 amide bonds. The molecule has 25 heavy (non-hydrogen) atoms. The zero-order valence-corrected chi connectivity index (χ0v) is 16.5. The minimum atomic E-state index is -0.352. The van der Waals surface area contributed by atoms with Crippen LogP contribution in [0.3, 0.4) is 0 Å². The number of aliphatic hydroxyl groups excluding tert-OH is 1. The predicted octanol–water partition coefficient (Wildman–Crippen LogP) is 6.08. The van der Waals surface area contributed by atoms with Crippen LogP contribution < -0.4 is 0 Å². The summed E-state index contributed by atoms with van der Waals surface area (Å²) >= 11 is 0.239. The van der Waals surface area contributed by atoms with Crippen molar-refractivity contribution in [3.63, 3.8) is 0 Å². The first-order valence-corrected chi connectivity index (χ1v) is 10.9. The van der Waals surface area contributed by atoms with Crippen molar-refractivity contribution in [2.75, 3.05) is 0 Å². The van der Waals surface area contributed by atoms with Crippen LogP contribution in [0.4, 0.5) is 0 Å².